The lowest BCUT2D eigenvalue weighted by Crippen LogP contribution is -2.45. The van der Waals surface area contributed by atoms with Crippen molar-refractivity contribution in [2.45, 2.75) is 43.2 Å². The SMILES string of the molecule is N#Cc1ccc2c(-c3nc(N[C@@H]4C[C@@H]5C6C[C@H]4N65)ncc3C(F)(F)F)c[nH]c2c1. The Balaban J connectivity index is 1.42. The van der Waals surface area contributed by atoms with Crippen molar-refractivity contribution >= 4 is 16.9 Å². The molecule has 5 heterocycles. The maximum atomic E-state index is 13.7. The summed E-state index contributed by atoms with van der Waals surface area (Å²) in [5, 5.41) is 12.9. The molecule has 29 heavy (non-hydrogen) atoms. The van der Waals surface area contributed by atoms with Gasteiger partial charge in [0.2, 0.25) is 5.95 Å². The van der Waals surface area contributed by atoms with Gasteiger partial charge in [-0.25, -0.2) is 9.97 Å². The molecule has 6 rings (SSSR count). The predicted molar refractivity (Wildman–Crippen MR) is 98.9 cm³/mol. The number of aromatic nitrogens is 3. The van der Waals surface area contributed by atoms with Crippen LogP contribution in [0.4, 0.5) is 19.1 Å². The molecule has 0 amide bonds. The first-order valence-electron chi connectivity index (χ1n) is 9.44. The molecule has 3 saturated heterocycles. The first-order valence-corrected chi connectivity index (χ1v) is 9.44. The molecule has 2 unspecified atom stereocenters. The van der Waals surface area contributed by atoms with Crippen molar-refractivity contribution in [1.82, 2.24) is 19.9 Å². The van der Waals surface area contributed by atoms with Crippen molar-refractivity contribution in [3.63, 3.8) is 0 Å². The summed E-state index contributed by atoms with van der Waals surface area (Å²) >= 11 is 0. The Bertz CT molecular complexity index is 1190. The zero-order valence-electron chi connectivity index (χ0n) is 15.0. The summed E-state index contributed by atoms with van der Waals surface area (Å²) in [6.45, 7) is 0. The van der Waals surface area contributed by atoms with Crippen LogP contribution in [0.1, 0.15) is 24.0 Å². The van der Waals surface area contributed by atoms with E-state index in [1.807, 2.05) is 6.07 Å². The average Bonchev–Trinajstić information content (AvgIpc) is 2.96. The summed E-state index contributed by atoms with van der Waals surface area (Å²) in [5.74, 6) is 0.215. The molecule has 0 saturated carbocycles. The van der Waals surface area contributed by atoms with Gasteiger partial charge in [-0.05, 0) is 25.0 Å². The average molecular weight is 396 g/mol. The third kappa shape index (κ3) is 2.39. The second kappa shape index (κ2) is 5.48. The van der Waals surface area contributed by atoms with Crippen LogP contribution in [-0.2, 0) is 6.18 Å². The fraction of sp³-hybridized carbons (Fsp3) is 0.350. The van der Waals surface area contributed by atoms with Gasteiger partial charge < -0.3 is 10.3 Å². The highest BCUT2D eigenvalue weighted by Gasteiger charge is 2.68. The van der Waals surface area contributed by atoms with Gasteiger partial charge in [0.1, 0.15) is 5.56 Å². The van der Waals surface area contributed by atoms with E-state index in [1.165, 1.54) is 6.20 Å². The molecule has 3 aromatic rings. The van der Waals surface area contributed by atoms with E-state index < -0.39 is 11.7 Å². The van der Waals surface area contributed by atoms with E-state index in [0.717, 1.165) is 25.1 Å². The molecule has 3 fully saturated rings. The molecule has 2 N–H and O–H groups in total. The smallest absolute Gasteiger partial charge is 0.360 e. The number of nitrogens with zero attached hydrogens (tertiary/aromatic N) is 4. The Morgan fingerprint density at radius 3 is 2.72 bits per heavy atom. The molecule has 0 radical (unpaired) electrons. The fourth-order valence-corrected chi connectivity index (χ4v) is 5.00. The van der Waals surface area contributed by atoms with Crippen LogP contribution in [-0.4, -0.2) is 44.0 Å². The number of nitrogens with one attached hydrogen (secondary N) is 2. The van der Waals surface area contributed by atoms with E-state index in [9.17, 15) is 13.2 Å². The first-order chi connectivity index (χ1) is 13.9. The number of fused-ring (bicyclic) bond motifs is 2. The normalized spacial score (nSPS) is 29.2. The van der Waals surface area contributed by atoms with E-state index in [4.69, 9.17) is 5.26 Å². The van der Waals surface area contributed by atoms with Gasteiger partial charge in [0.25, 0.3) is 0 Å². The molecule has 2 aromatic heterocycles. The van der Waals surface area contributed by atoms with Gasteiger partial charge in [-0.2, -0.15) is 18.4 Å². The number of H-pyrrole nitrogens is 1. The van der Waals surface area contributed by atoms with Gasteiger partial charge in [-0.15, -0.1) is 0 Å². The van der Waals surface area contributed by atoms with Crippen LogP contribution in [0, 0.1) is 11.3 Å². The number of anilines is 1. The molecular weight excluding hydrogens is 381 g/mol. The zero-order valence-corrected chi connectivity index (χ0v) is 15.0. The van der Waals surface area contributed by atoms with Crippen molar-refractivity contribution in [3.05, 3.63) is 41.7 Å². The standard InChI is InChI=1S/C20H15F3N6/c21-20(22,23)12-8-26-19(27-14-4-16-17-5-15(14)29(16)17)28-18(12)11-7-25-13-3-9(6-24)1-2-10(11)13/h1-3,7-8,14-17,25H,4-5H2,(H,26,27,28)/t14-,15-,16-,17?,29?/m1/s1. The van der Waals surface area contributed by atoms with Crippen LogP contribution in [0.2, 0.25) is 0 Å². The second-order valence-electron chi connectivity index (χ2n) is 7.90. The van der Waals surface area contributed by atoms with Crippen molar-refractivity contribution in [1.29, 1.82) is 5.26 Å². The summed E-state index contributed by atoms with van der Waals surface area (Å²) in [7, 11) is 0. The van der Waals surface area contributed by atoms with Crippen LogP contribution in [0.15, 0.2) is 30.6 Å². The van der Waals surface area contributed by atoms with E-state index in [1.54, 1.807) is 18.2 Å². The van der Waals surface area contributed by atoms with Crippen LogP contribution in [0.5, 0.6) is 0 Å². The highest BCUT2D eigenvalue weighted by Crippen LogP contribution is 2.56. The lowest BCUT2D eigenvalue weighted by molar-refractivity contribution is -0.137. The summed E-state index contributed by atoms with van der Waals surface area (Å²) in [6, 6.07) is 8.83. The largest absolute Gasteiger partial charge is 0.419 e. The number of nitriles is 1. The number of aromatic amines is 1. The van der Waals surface area contributed by atoms with Crippen LogP contribution in [0.3, 0.4) is 0 Å². The first kappa shape index (κ1) is 16.8. The number of alkyl halides is 3. The zero-order chi connectivity index (χ0) is 19.9. The number of hydrogen-bond donors (Lipinski definition) is 2. The number of rotatable bonds is 3. The molecule has 3 aliphatic heterocycles. The molecule has 6 nitrogen and oxygen atoms in total. The predicted octanol–water partition coefficient (Wildman–Crippen LogP) is 3.52. The summed E-state index contributed by atoms with van der Waals surface area (Å²) in [6.07, 6.45) is -0.0998. The van der Waals surface area contributed by atoms with E-state index in [2.05, 4.69) is 25.2 Å². The highest BCUT2D eigenvalue weighted by atomic mass is 19.4. The molecule has 5 atom stereocenters. The van der Waals surface area contributed by atoms with E-state index >= 15 is 0 Å². The second-order valence-corrected chi connectivity index (χ2v) is 7.90. The Morgan fingerprint density at radius 1 is 1.21 bits per heavy atom. The third-order valence-electron chi connectivity index (χ3n) is 6.42. The summed E-state index contributed by atoms with van der Waals surface area (Å²) in [5.41, 5.74) is 0.310. The van der Waals surface area contributed by atoms with Crippen molar-refractivity contribution in [2.24, 2.45) is 0 Å². The van der Waals surface area contributed by atoms with Crippen LogP contribution >= 0.6 is 0 Å². The molecule has 9 heteroatoms. The number of hydrogen-bond acceptors (Lipinski definition) is 5. The molecule has 146 valence electrons. The minimum Gasteiger partial charge on any atom is -0.360 e. The maximum Gasteiger partial charge on any atom is 0.419 e. The van der Waals surface area contributed by atoms with Gasteiger partial charge >= 0.3 is 6.18 Å². The Hall–Kier alpha value is -3.12. The van der Waals surface area contributed by atoms with E-state index in [-0.39, 0.29) is 17.7 Å². The molecule has 0 bridgehead atoms. The maximum absolute atomic E-state index is 13.7. The van der Waals surface area contributed by atoms with Crippen molar-refractivity contribution in [3.8, 4) is 17.3 Å². The monoisotopic (exact) mass is 396 g/mol. The van der Waals surface area contributed by atoms with Crippen LogP contribution in [0.25, 0.3) is 22.2 Å². The minimum atomic E-state index is -4.58. The fourth-order valence-electron chi connectivity index (χ4n) is 5.00. The third-order valence-corrected chi connectivity index (χ3v) is 6.42. The molecular formula is C20H15F3N6. The van der Waals surface area contributed by atoms with Gasteiger partial charge in [0.15, 0.2) is 0 Å². The Labute approximate surface area is 163 Å². The van der Waals surface area contributed by atoms with Crippen molar-refractivity contribution in [2.75, 3.05) is 5.32 Å². The lowest BCUT2D eigenvalue weighted by Gasteiger charge is -2.33. The summed E-state index contributed by atoms with van der Waals surface area (Å²) < 4.78 is 41.0. The summed E-state index contributed by atoms with van der Waals surface area (Å²) in [4.78, 5) is 13.6. The Morgan fingerprint density at radius 2 is 2.03 bits per heavy atom. The number of halogens is 3. The topological polar surface area (TPSA) is 80.4 Å². The van der Waals surface area contributed by atoms with Crippen LogP contribution < -0.4 is 5.32 Å². The minimum absolute atomic E-state index is 0.166. The van der Waals surface area contributed by atoms with E-state index in [0.29, 0.717) is 34.1 Å². The quantitative estimate of drug-likeness (QED) is 0.662. The lowest BCUT2D eigenvalue weighted by atomic mass is 9.90. The molecule has 1 aromatic carbocycles. The number of benzene rings is 1. The van der Waals surface area contributed by atoms with Crippen molar-refractivity contribution < 1.29 is 13.2 Å². The van der Waals surface area contributed by atoms with Gasteiger partial charge in [0, 0.05) is 53.0 Å². The van der Waals surface area contributed by atoms with Gasteiger partial charge in [0.05, 0.1) is 17.3 Å². The molecule has 3 aliphatic rings. The molecule has 0 aliphatic carbocycles. The highest BCUT2D eigenvalue weighted by molar-refractivity contribution is 5.96. The van der Waals surface area contributed by atoms with Gasteiger partial charge in [-0.1, -0.05) is 6.07 Å². The Kier molecular flexibility index (Phi) is 3.17. The van der Waals surface area contributed by atoms with Gasteiger partial charge in [-0.3, -0.25) is 4.90 Å². The molecule has 0 spiro atoms. The number of piperidine rings is 1.